The first kappa shape index (κ1) is 17.1. The van der Waals surface area contributed by atoms with E-state index in [0.717, 1.165) is 28.1 Å². The van der Waals surface area contributed by atoms with Crippen molar-refractivity contribution >= 4 is 24.0 Å². The third-order valence-electron chi connectivity index (χ3n) is 5.26. The zero-order valence-corrected chi connectivity index (χ0v) is 17.2. The van der Waals surface area contributed by atoms with E-state index in [1.807, 2.05) is 12.1 Å². The summed E-state index contributed by atoms with van der Waals surface area (Å²) >= 11 is 0. The molecule has 138 valence electrons. The maximum Gasteiger partial charge on any atom is 0.221 e. The minimum absolute atomic E-state index is 0.420. The van der Waals surface area contributed by atoms with Crippen LogP contribution in [0.3, 0.4) is 0 Å². The molecule has 0 saturated heterocycles. The molecular weight excluding hydrogens is 362 g/mol. The molecule has 0 saturated carbocycles. The fourth-order valence-electron chi connectivity index (χ4n) is 3.93. The Balaban J connectivity index is 1.82. The standard InChI is InChI=1S/C23H21N3OSi/c1-28(2,3)20-12-16(11-15-7-4-5-8-17(15)20)22-21-18-9-6-10-24-23(18)27-13-19(21)25-14-26-22/h4-12,14H,13H2,1-3H3. The van der Waals surface area contributed by atoms with E-state index in [0.29, 0.717) is 12.5 Å². The molecule has 0 bridgehead atoms. The highest BCUT2D eigenvalue weighted by atomic mass is 28.3. The molecule has 0 atom stereocenters. The van der Waals surface area contributed by atoms with Gasteiger partial charge in [-0.25, -0.2) is 15.0 Å². The van der Waals surface area contributed by atoms with Gasteiger partial charge in [-0.05, 0) is 29.0 Å². The van der Waals surface area contributed by atoms with Crippen LogP contribution in [-0.2, 0) is 6.61 Å². The summed E-state index contributed by atoms with van der Waals surface area (Å²) in [6.45, 7) is 7.59. The summed E-state index contributed by atoms with van der Waals surface area (Å²) < 4.78 is 5.79. The smallest absolute Gasteiger partial charge is 0.221 e. The average Bonchev–Trinajstić information content (AvgIpc) is 2.71. The predicted octanol–water partition coefficient (Wildman–Crippen LogP) is 4.80. The lowest BCUT2D eigenvalue weighted by Crippen LogP contribution is -2.38. The molecular formula is C23H21N3OSi. The van der Waals surface area contributed by atoms with E-state index < -0.39 is 8.07 Å². The Labute approximate surface area is 165 Å². The van der Waals surface area contributed by atoms with Gasteiger partial charge in [0.15, 0.2) is 0 Å². The number of hydrogen-bond acceptors (Lipinski definition) is 4. The minimum Gasteiger partial charge on any atom is -0.471 e. The molecule has 3 heterocycles. The van der Waals surface area contributed by atoms with Gasteiger partial charge in [-0.1, -0.05) is 55.2 Å². The second-order valence-corrected chi connectivity index (χ2v) is 13.2. The first-order valence-corrected chi connectivity index (χ1v) is 13.0. The third kappa shape index (κ3) is 2.70. The molecule has 5 heteroatoms. The van der Waals surface area contributed by atoms with Crippen LogP contribution >= 0.6 is 0 Å². The van der Waals surface area contributed by atoms with E-state index in [1.54, 1.807) is 12.5 Å². The van der Waals surface area contributed by atoms with Crippen molar-refractivity contribution in [3.05, 3.63) is 66.7 Å². The van der Waals surface area contributed by atoms with Crippen molar-refractivity contribution in [2.24, 2.45) is 0 Å². The number of ether oxygens (including phenoxy) is 1. The molecule has 4 aromatic rings. The number of fused-ring (bicyclic) bond motifs is 4. The van der Waals surface area contributed by atoms with Crippen molar-refractivity contribution in [2.45, 2.75) is 26.2 Å². The topological polar surface area (TPSA) is 47.9 Å². The monoisotopic (exact) mass is 383 g/mol. The number of aromatic nitrogens is 3. The summed E-state index contributed by atoms with van der Waals surface area (Å²) in [6.07, 6.45) is 3.40. The molecule has 5 rings (SSSR count). The summed E-state index contributed by atoms with van der Waals surface area (Å²) in [4.78, 5) is 13.6. The Bertz CT molecular complexity index is 1210. The van der Waals surface area contributed by atoms with E-state index >= 15 is 0 Å². The Hall–Kier alpha value is -3.05. The van der Waals surface area contributed by atoms with Crippen LogP contribution < -0.4 is 9.92 Å². The van der Waals surface area contributed by atoms with Crippen molar-refractivity contribution < 1.29 is 4.74 Å². The molecule has 4 nitrogen and oxygen atoms in total. The van der Waals surface area contributed by atoms with Gasteiger partial charge < -0.3 is 4.74 Å². The van der Waals surface area contributed by atoms with Crippen molar-refractivity contribution in [3.8, 4) is 28.3 Å². The Kier molecular flexibility index (Phi) is 3.81. The van der Waals surface area contributed by atoms with Crippen LogP contribution in [0.2, 0.25) is 19.6 Å². The summed E-state index contributed by atoms with van der Waals surface area (Å²) in [6, 6.07) is 17.2. The maximum absolute atomic E-state index is 5.79. The highest BCUT2D eigenvalue weighted by Gasteiger charge is 2.26. The van der Waals surface area contributed by atoms with E-state index in [2.05, 4.69) is 66.0 Å². The highest BCUT2D eigenvalue weighted by molar-refractivity contribution is 6.90. The summed E-state index contributed by atoms with van der Waals surface area (Å²) in [5.41, 5.74) is 4.99. The van der Waals surface area contributed by atoms with Crippen LogP contribution in [-0.4, -0.2) is 23.0 Å². The van der Waals surface area contributed by atoms with Gasteiger partial charge in [-0.2, -0.15) is 0 Å². The van der Waals surface area contributed by atoms with Crippen molar-refractivity contribution in [3.63, 3.8) is 0 Å². The van der Waals surface area contributed by atoms with Crippen molar-refractivity contribution in [1.82, 2.24) is 15.0 Å². The van der Waals surface area contributed by atoms with Crippen LogP contribution in [0.1, 0.15) is 5.69 Å². The maximum atomic E-state index is 5.79. The van der Waals surface area contributed by atoms with Crippen LogP contribution in [0.5, 0.6) is 5.88 Å². The van der Waals surface area contributed by atoms with E-state index in [9.17, 15) is 0 Å². The van der Waals surface area contributed by atoms with Gasteiger partial charge in [-0.15, -0.1) is 0 Å². The van der Waals surface area contributed by atoms with Gasteiger partial charge in [0.1, 0.15) is 12.9 Å². The molecule has 0 amide bonds. The van der Waals surface area contributed by atoms with Crippen LogP contribution in [0.15, 0.2) is 61.1 Å². The van der Waals surface area contributed by atoms with Crippen molar-refractivity contribution in [2.75, 3.05) is 0 Å². The molecule has 1 aliphatic rings. The molecule has 0 N–H and O–H groups in total. The molecule has 28 heavy (non-hydrogen) atoms. The second-order valence-electron chi connectivity index (χ2n) is 8.18. The number of nitrogens with zero attached hydrogens (tertiary/aromatic N) is 3. The first-order valence-electron chi connectivity index (χ1n) is 9.48. The molecule has 0 unspecified atom stereocenters. The largest absolute Gasteiger partial charge is 0.471 e. The van der Waals surface area contributed by atoms with E-state index in [-0.39, 0.29) is 0 Å². The zero-order chi connectivity index (χ0) is 19.3. The Morgan fingerprint density at radius 1 is 0.929 bits per heavy atom. The lowest BCUT2D eigenvalue weighted by molar-refractivity contribution is 0.285. The van der Waals surface area contributed by atoms with Gasteiger partial charge in [0.25, 0.3) is 0 Å². The van der Waals surface area contributed by atoms with E-state index in [1.165, 1.54) is 16.0 Å². The van der Waals surface area contributed by atoms with Crippen LogP contribution in [0.25, 0.3) is 33.2 Å². The van der Waals surface area contributed by atoms with Crippen LogP contribution in [0.4, 0.5) is 0 Å². The molecule has 2 aromatic carbocycles. The lowest BCUT2D eigenvalue weighted by atomic mass is 9.95. The lowest BCUT2D eigenvalue weighted by Gasteiger charge is -2.23. The SMILES string of the molecule is C[Si](C)(C)c1cc(-c2ncnc3c2-c2cccnc2OC3)cc2ccccc12. The fraction of sp³-hybridized carbons (Fsp3) is 0.174. The third-order valence-corrected chi connectivity index (χ3v) is 7.28. The molecule has 0 spiro atoms. The normalized spacial score (nSPS) is 13.0. The van der Waals surface area contributed by atoms with Crippen molar-refractivity contribution in [1.29, 1.82) is 0 Å². The average molecular weight is 384 g/mol. The number of hydrogen-bond donors (Lipinski definition) is 0. The van der Waals surface area contributed by atoms with Gasteiger partial charge in [0, 0.05) is 22.9 Å². The van der Waals surface area contributed by atoms with Crippen LogP contribution in [0, 0.1) is 0 Å². The number of rotatable bonds is 2. The Morgan fingerprint density at radius 3 is 2.64 bits per heavy atom. The summed E-state index contributed by atoms with van der Waals surface area (Å²) in [5.74, 6) is 0.650. The van der Waals surface area contributed by atoms with Gasteiger partial charge in [0.05, 0.1) is 19.5 Å². The van der Waals surface area contributed by atoms with Gasteiger partial charge in [-0.3, -0.25) is 0 Å². The molecule has 0 aliphatic carbocycles. The van der Waals surface area contributed by atoms with Gasteiger partial charge >= 0.3 is 0 Å². The molecule has 2 aromatic heterocycles. The zero-order valence-electron chi connectivity index (χ0n) is 16.2. The van der Waals surface area contributed by atoms with Gasteiger partial charge in [0.2, 0.25) is 5.88 Å². The Morgan fingerprint density at radius 2 is 1.79 bits per heavy atom. The second kappa shape index (κ2) is 6.24. The quantitative estimate of drug-likeness (QED) is 0.467. The minimum atomic E-state index is -1.55. The molecule has 0 radical (unpaired) electrons. The molecule has 0 fully saturated rings. The summed E-state index contributed by atoms with van der Waals surface area (Å²) in [7, 11) is -1.55. The number of benzene rings is 2. The summed E-state index contributed by atoms with van der Waals surface area (Å²) in [5, 5.41) is 4.05. The predicted molar refractivity (Wildman–Crippen MR) is 116 cm³/mol. The first-order chi connectivity index (χ1) is 13.5. The van der Waals surface area contributed by atoms with E-state index in [4.69, 9.17) is 9.72 Å². The highest BCUT2D eigenvalue weighted by Crippen LogP contribution is 2.40. The number of pyridine rings is 1. The molecule has 1 aliphatic heterocycles. The fourth-order valence-corrected chi connectivity index (χ4v) is 5.56.